The van der Waals surface area contributed by atoms with Crippen LogP contribution in [0.25, 0.3) is 11.3 Å². The number of benzene rings is 1. The maximum Gasteiger partial charge on any atom is 0.236 e. The van der Waals surface area contributed by atoms with E-state index >= 15 is 0 Å². The minimum Gasteiger partial charge on any atom is -0.336 e. The van der Waals surface area contributed by atoms with Gasteiger partial charge >= 0.3 is 0 Å². The molecule has 0 saturated heterocycles. The molecule has 0 radical (unpaired) electrons. The molecule has 0 bridgehead atoms. The van der Waals surface area contributed by atoms with E-state index in [1.54, 1.807) is 17.5 Å². The van der Waals surface area contributed by atoms with Crippen LogP contribution in [0, 0.1) is 5.82 Å². The summed E-state index contributed by atoms with van der Waals surface area (Å²) in [7, 11) is 0. The van der Waals surface area contributed by atoms with Gasteiger partial charge in [0, 0.05) is 10.9 Å². The summed E-state index contributed by atoms with van der Waals surface area (Å²) in [4.78, 5) is 16.2. The van der Waals surface area contributed by atoms with Crippen LogP contribution >= 0.6 is 23.1 Å². The molecule has 10 heteroatoms. The smallest absolute Gasteiger partial charge is 0.236 e. The van der Waals surface area contributed by atoms with Gasteiger partial charge in [-0.15, -0.1) is 21.5 Å². The zero-order valence-corrected chi connectivity index (χ0v) is 13.3. The number of anilines is 1. The Hall–Kier alpha value is -2.46. The van der Waals surface area contributed by atoms with E-state index in [2.05, 4.69) is 20.5 Å². The maximum absolute atomic E-state index is 12.9. The van der Waals surface area contributed by atoms with Crippen molar-refractivity contribution >= 4 is 34.1 Å². The van der Waals surface area contributed by atoms with Gasteiger partial charge in [0.05, 0.1) is 11.4 Å². The van der Waals surface area contributed by atoms with Crippen LogP contribution in [0.1, 0.15) is 0 Å². The monoisotopic (exact) mass is 350 g/mol. The average molecular weight is 350 g/mol. The van der Waals surface area contributed by atoms with Crippen molar-refractivity contribution in [3.8, 4) is 11.3 Å². The van der Waals surface area contributed by atoms with E-state index in [0.29, 0.717) is 16.0 Å². The predicted octanol–water partition coefficient (Wildman–Crippen LogP) is 1.99. The number of hydrogen-bond donors (Lipinski definition) is 2. The summed E-state index contributed by atoms with van der Waals surface area (Å²) < 4.78 is 14.2. The van der Waals surface area contributed by atoms with Gasteiger partial charge in [0.1, 0.15) is 12.1 Å². The molecule has 3 aromatic rings. The number of thioether (sulfide) groups is 1. The number of nitrogen functional groups attached to an aromatic ring is 1. The van der Waals surface area contributed by atoms with E-state index in [9.17, 15) is 9.18 Å². The second kappa shape index (κ2) is 6.75. The van der Waals surface area contributed by atoms with Gasteiger partial charge in [-0.05, 0) is 24.3 Å². The van der Waals surface area contributed by atoms with Crippen LogP contribution in [0.3, 0.4) is 0 Å². The van der Waals surface area contributed by atoms with Gasteiger partial charge in [0.2, 0.25) is 11.1 Å². The number of rotatable bonds is 5. The number of hydrogen-bond acceptors (Lipinski definition) is 7. The highest BCUT2D eigenvalue weighted by molar-refractivity contribution is 7.99. The molecule has 0 fully saturated rings. The SMILES string of the molecule is Nn1cnnc1SCC(=O)Nc1nc(-c2ccc(F)cc2)cs1. The van der Waals surface area contributed by atoms with Crippen LogP contribution in [-0.4, -0.2) is 31.5 Å². The van der Waals surface area contributed by atoms with Crippen molar-refractivity contribution in [1.82, 2.24) is 19.9 Å². The van der Waals surface area contributed by atoms with E-state index in [-0.39, 0.29) is 17.5 Å². The number of thiazole rings is 1. The predicted molar refractivity (Wildman–Crippen MR) is 87.0 cm³/mol. The summed E-state index contributed by atoms with van der Waals surface area (Å²) in [5.41, 5.74) is 1.47. The summed E-state index contributed by atoms with van der Waals surface area (Å²) in [5, 5.41) is 12.8. The van der Waals surface area contributed by atoms with E-state index in [0.717, 1.165) is 5.56 Å². The lowest BCUT2D eigenvalue weighted by molar-refractivity contribution is -0.113. The van der Waals surface area contributed by atoms with Crippen LogP contribution in [0.4, 0.5) is 9.52 Å². The third-order valence-electron chi connectivity index (χ3n) is 2.76. The average Bonchev–Trinajstić information content (AvgIpc) is 3.15. The van der Waals surface area contributed by atoms with Crippen LogP contribution in [-0.2, 0) is 4.79 Å². The van der Waals surface area contributed by atoms with Crippen molar-refractivity contribution in [2.45, 2.75) is 5.16 Å². The second-order valence-corrected chi connectivity index (χ2v) is 6.20. The Morgan fingerprint density at radius 1 is 1.39 bits per heavy atom. The van der Waals surface area contributed by atoms with Gasteiger partial charge in [-0.25, -0.2) is 14.1 Å². The molecule has 0 aliphatic rings. The lowest BCUT2D eigenvalue weighted by Gasteiger charge is -2.01. The molecule has 0 atom stereocenters. The normalized spacial score (nSPS) is 10.7. The quantitative estimate of drug-likeness (QED) is 0.539. The number of nitrogens with zero attached hydrogens (tertiary/aromatic N) is 4. The van der Waals surface area contributed by atoms with E-state index in [4.69, 9.17) is 5.84 Å². The molecule has 0 aliphatic carbocycles. The highest BCUT2D eigenvalue weighted by Crippen LogP contribution is 2.25. The van der Waals surface area contributed by atoms with Crippen LogP contribution < -0.4 is 11.2 Å². The van der Waals surface area contributed by atoms with Gasteiger partial charge in [0.25, 0.3) is 0 Å². The zero-order chi connectivity index (χ0) is 16.2. The van der Waals surface area contributed by atoms with Crippen LogP contribution in [0.15, 0.2) is 41.1 Å². The third-order valence-corrected chi connectivity index (χ3v) is 4.48. The number of amides is 1. The van der Waals surface area contributed by atoms with Crippen molar-refractivity contribution in [3.63, 3.8) is 0 Å². The summed E-state index contributed by atoms with van der Waals surface area (Å²) in [6, 6.07) is 6.01. The number of halogens is 1. The number of nitrogens with two attached hydrogens (primary N) is 1. The molecule has 3 rings (SSSR count). The molecule has 118 valence electrons. The first-order chi connectivity index (χ1) is 11.1. The minimum absolute atomic E-state index is 0.140. The third kappa shape index (κ3) is 3.85. The first kappa shape index (κ1) is 15.4. The Morgan fingerprint density at radius 3 is 2.87 bits per heavy atom. The van der Waals surface area contributed by atoms with Crippen molar-refractivity contribution in [3.05, 3.63) is 41.8 Å². The standard InChI is InChI=1S/C13H11FN6OS2/c14-9-3-1-8(2-4-9)10-5-22-12(17-10)18-11(21)6-23-13-19-16-7-20(13)15/h1-5,7H,6,15H2,(H,17,18,21). The van der Waals surface area contributed by atoms with Crippen molar-refractivity contribution in [1.29, 1.82) is 0 Å². The van der Waals surface area contributed by atoms with Gasteiger partial charge < -0.3 is 11.2 Å². The molecule has 0 unspecified atom stereocenters. The number of carbonyl (C=O) groups is 1. The fraction of sp³-hybridized carbons (Fsp3) is 0.0769. The summed E-state index contributed by atoms with van der Waals surface area (Å²) in [6.07, 6.45) is 1.36. The van der Waals surface area contributed by atoms with Crippen LogP contribution in [0.5, 0.6) is 0 Å². The Balaban J connectivity index is 1.59. The molecule has 2 heterocycles. The Morgan fingerprint density at radius 2 is 2.17 bits per heavy atom. The van der Waals surface area contributed by atoms with Crippen LogP contribution in [0.2, 0.25) is 0 Å². The Bertz CT molecular complexity index is 816. The number of carbonyl (C=O) groups excluding carboxylic acids is 1. The van der Waals surface area contributed by atoms with Gasteiger partial charge in [-0.1, -0.05) is 11.8 Å². The van der Waals surface area contributed by atoms with Crippen molar-refractivity contribution in [2.75, 3.05) is 16.9 Å². The maximum atomic E-state index is 12.9. The summed E-state index contributed by atoms with van der Waals surface area (Å²) in [5.74, 6) is 5.17. The zero-order valence-electron chi connectivity index (χ0n) is 11.6. The molecule has 3 N–H and O–H groups in total. The molecule has 0 spiro atoms. The Labute approximate surface area is 138 Å². The first-order valence-corrected chi connectivity index (χ1v) is 8.27. The van der Waals surface area contributed by atoms with Crippen molar-refractivity contribution in [2.24, 2.45) is 0 Å². The molecule has 2 aromatic heterocycles. The van der Waals surface area contributed by atoms with Gasteiger partial charge in [0.15, 0.2) is 5.13 Å². The largest absolute Gasteiger partial charge is 0.336 e. The second-order valence-electron chi connectivity index (χ2n) is 4.40. The van der Waals surface area contributed by atoms with Crippen molar-refractivity contribution < 1.29 is 9.18 Å². The molecule has 7 nitrogen and oxygen atoms in total. The Kier molecular flexibility index (Phi) is 4.53. The topological polar surface area (TPSA) is 98.7 Å². The highest BCUT2D eigenvalue weighted by Gasteiger charge is 2.10. The molecule has 1 aromatic carbocycles. The molecule has 0 aliphatic heterocycles. The fourth-order valence-electron chi connectivity index (χ4n) is 1.71. The molecule has 23 heavy (non-hydrogen) atoms. The lowest BCUT2D eigenvalue weighted by Crippen LogP contribution is -2.15. The summed E-state index contributed by atoms with van der Waals surface area (Å²) >= 11 is 2.47. The highest BCUT2D eigenvalue weighted by atomic mass is 32.2. The molecule has 0 saturated carbocycles. The molecule has 1 amide bonds. The van der Waals surface area contributed by atoms with Gasteiger partial charge in [-0.3, -0.25) is 4.79 Å². The minimum atomic E-state index is -0.303. The summed E-state index contributed by atoms with van der Waals surface area (Å²) in [6.45, 7) is 0. The number of aromatic nitrogens is 4. The first-order valence-electron chi connectivity index (χ1n) is 6.41. The lowest BCUT2D eigenvalue weighted by atomic mass is 10.2. The van der Waals surface area contributed by atoms with Gasteiger partial charge in [-0.2, -0.15) is 0 Å². The molecular formula is C13H11FN6OS2. The van der Waals surface area contributed by atoms with E-state index in [1.807, 2.05) is 0 Å². The fourth-order valence-corrected chi connectivity index (χ4v) is 3.07. The van der Waals surface area contributed by atoms with E-state index in [1.165, 1.54) is 46.2 Å². The number of nitrogens with one attached hydrogen (secondary N) is 1. The van der Waals surface area contributed by atoms with E-state index < -0.39 is 0 Å². The molecular weight excluding hydrogens is 339 g/mol.